The van der Waals surface area contributed by atoms with Crippen LogP contribution in [-0.2, 0) is 11.2 Å². The van der Waals surface area contributed by atoms with Gasteiger partial charge in [-0.2, -0.15) is 0 Å². The van der Waals surface area contributed by atoms with Crippen molar-refractivity contribution in [3.8, 4) is 0 Å². The molecule has 0 saturated carbocycles. The van der Waals surface area contributed by atoms with Crippen molar-refractivity contribution in [2.24, 2.45) is 5.92 Å². The average Bonchev–Trinajstić information content (AvgIpc) is 2.61. The van der Waals surface area contributed by atoms with Crippen LogP contribution in [0.25, 0.3) is 0 Å². The molecule has 1 aromatic heterocycles. The van der Waals surface area contributed by atoms with Crippen LogP contribution in [0, 0.1) is 17.6 Å². The number of aliphatic carboxylic acids is 1. The number of likely N-dealkylation sites (tertiary alicyclic amines) is 1. The maximum Gasteiger partial charge on any atom is 0.325 e. The lowest BCUT2D eigenvalue weighted by Crippen LogP contribution is -2.40. The van der Waals surface area contributed by atoms with E-state index in [1.54, 1.807) is 30.6 Å². The highest BCUT2D eigenvalue weighted by molar-refractivity contribution is 5.75. The highest BCUT2D eigenvalue weighted by Crippen LogP contribution is 2.29. The second-order valence-corrected chi connectivity index (χ2v) is 6.42. The van der Waals surface area contributed by atoms with Gasteiger partial charge in [-0.25, -0.2) is 8.78 Å². The number of benzene rings is 1. The molecule has 1 N–H and O–H groups in total. The number of aromatic nitrogens is 1. The number of carbonyl (C=O) groups is 1. The van der Waals surface area contributed by atoms with Crippen LogP contribution in [0.5, 0.6) is 0 Å². The van der Waals surface area contributed by atoms with Gasteiger partial charge in [0.1, 0.15) is 6.04 Å². The Kier molecular flexibility index (Phi) is 5.38. The Bertz CT molecular complexity index is 731. The lowest BCUT2D eigenvalue weighted by atomic mass is 9.89. The predicted octanol–water partition coefficient (Wildman–Crippen LogP) is 3.44. The van der Waals surface area contributed by atoms with Gasteiger partial charge in [0, 0.05) is 12.4 Å². The van der Waals surface area contributed by atoms with E-state index in [0.29, 0.717) is 30.6 Å². The topological polar surface area (TPSA) is 53.4 Å². The van der Waals surface area contributed by atoms with Gasteiger partial charge >= 0.3 is 5.97 Å². The molecule has 25 heavy (non-hydrogen) atoms. The van der Waals surface area contributed by atoms with Crippen LogP contribution in [0.2, 0.25) is 0 Å². The van der Waals surface area contributed by atoms with Crippen molar-refractivity contribution in [2.75, 3.05) is 13.1 Å². The van der Waals surface area contributed by atoms with Gasteiger partial charge in [-0.05, 0) is 61.5 Å². The van der Waals surface area contributed by atoms with E-state index in [4.69, 9.17) is 0 Å². The molecule has 0 spiro atoms. The Morgan fingerprint density at radius 2 is 2.00 bits per heavy atom. The number of carboxylic acids is 1. The van der Waals surface area contributed by atoms with E-state index in [2.05, 4.69) is 4.98 Å². The van der Waals surface area contributed by atoms with Gasteiger partial charge in [0.2, 0.25) is 0 Å². The van der Waals surface area contributed by atoms with Crippen molar-refractivity contribution in [2.45, 2.75) is 25.3 Å². The molecule has 1 fully saturated rings. The van der Waals surface area contributed by atoms with E-state index >= 15 is 0 Å². The highest BCUT2D eigenvalue weighted by Gasteiger charge is 2.31. The third-order valence-electron chi connectivity index (χ3n) is 4.79. The summed E-state index contributed by atoms with van der Waals surface area (Å²) in [4.78, 5) is 17.6. The van der Waals surface area contributed by atoms with Gasteiger partial charge in [-0.3, -0.25) is 14.7 Å². The van der Waals surface area contributed by atoms with E-state index in [1.807, 2.05) is 4.90 Å². The maximum absolute atomic E-state index is 13.8. The number of nitrogens with zero attached hydrogens (tertiary/aromatic N) is 2. The summed E-state index contributed by atoms with van der Waals surface area (Å²) in [6.45, 7) is 1.21. The number of halogens is 2. The standard InChI is InChI=1S/C19H20F2N2O2/c20-16-5-1-3-14(17(16)21)11-13-6-9-23(10-7-13)18(19(24)25)15-4-2-8-22-12-15/h1-5,8,12-13,18H,6-7,9-11H2,(H,24,25). The molecule has 1 unspecified atom stereocenters. The molecule has 1 atom stereocenters. The van der Waals surface area contributed by atoms with Crippen molar-refractivity contribution < 1.29 is 18.7 Å². The molecule has 2 heterocycles. The Morgan fingerprint density at radius 3 is 2.64 bits per heavy atom. The lowest BCUT2D eigenvalue weighted by Gasteiger charge is -2.35. The zero-order valence-electron chi connectivity index (χ0n) is 13.7. The minimum atomic E-state index is -0.900. The molecule has 0 amide bonds. The number of carboxylic acid groups (broad SMARTS) is 1. The first-order chi connectivity index (χ1) is 12.1. The first kappa shape index (κ1) is 17.5. The molecule has 0 aliphatic carbocycles. The minimum Gasteiger partial charge on any atom is -0.480 e. The van der Waals surface area contributed by atoms with Crippen molar-refractivity contribution in [1.29, 1.82) is 0 Å². The van der Waals surface area contributed by atoms with Crippen molar-refractivity contribution in [3.05, 3.63) is 65.5 Å². The van der Waals surface area contributed by atoms with E-state index in [1.165, 1.54) is 6.07 Å². The third kappa shape index (κ3) is 4.02. The molecule has 1 aromatic carbocycles. The first-order valence-corrected chi connectivity index (χ1v) is 8.36. The molecule has 4 nitrogen and oxygen atoms in total. The second-order valence-electron chi connectivity index (χ2n) is 6.42. The van der Waals surface area contributed by atoms with E-state index in [-0.39, 0.29) is 5.92 Å². The molecule has 132 valence electrons. The fraction of sp³-hybridized carbons (Fsp3) is 0.368. The maximum atomic E-state index is 13.8. The van der Waals surface area contributed by atoms with Crippen LogP contribution in [0.3, 0.4) is 0 Å². The fourth-order valence-corrected chi connectivity index (χ4v) is 3.48. The number of pyridine rings is 1. The largest absolute Gasteiger partial charge is 0.480 e. The summed E-state index contributed by atoms with van der Waals surface area (Å²) in [5.41, 5.74) is 1.05. The van der Waals surface area contributed by atoms with E-state index in [0.717, 1.165) is 18.9 Å². The summed E-state index contributed by atoms with van der Waals surface area (Å²) in [5, 5.41) is 9.59. The molecule has 6 heteroatoms. The van der Waals surface area contributed by atoms with Crippen LogP contribution in [0.4, 0.5) is 8.78 Å². The van der Waals surface area contributed by atoms with Crippen molar-refractivity contribution in [3.63, 3.8) is 0 Å². The Balaban J connectivity index is 1.64. The van der Waals surface area contributed by atoms with Crippen LogP contribution in [-0.4, -0.2) is 34.0 Å². The Hall–Kier alpha value is -2.34. The van der Waals surface area contributed by atoms with E-state index < -0.39 is 23.6 Å². The molecular formula is C19H20F2N2O2. The molecule has 0 bridgehead atoms. The first-order valence-electron chi connectivity index (χ1n) is 8.36. The minimum absolute atomic E-state index is 0.218. The van der Waals surface area contributed by atoms with Crippen LogP contribution >= 0.6 is 0 Å². The zero-order chi connectivity index (χ0) is 17.8. The summed E-state index contributed by atoms with van der Waals surface area (Å²) in [6.07, 6.45) is 5.16. The quantitative estimate of drug-likeness (QED) is 0.901. The summed E-state index contributed by atoms with van der Waals surface area (Å²) in [7, 11) is 0. The number of hydrogen-bond donors (Lipinski definition) is 1. The second kappa shape index (κ2) is 7.70. The summed E-state index contributed by atoms with van der Waals surface area (Å²) >= 11 is 0. The molecule has 1 saturated heterocycles. The van der Waals surface area contributed by atoms with Crippen LogP contribution in [0.1, 0.15) is 30.0 Å². The molecule has 2 aromatic rings. The van der Waals surface area contributed by atoms with Gasteiger partial charge in [-0.15, -0.1) is 0 Å². The summed E-state index contributed by atoms with van der Waals surface area (Å²) in [5.74, 6) is -2.28. The van der Waals surface area contributed by atoms with Gasteiger partial charge in [-0.1, -0.05) is 18.2 Å². The number of piperidine rings is 1. The molecule has 3 rings (SSSR count). The zero-order valence-corrected chi connectivity index (χ0v) is 13.7. The Morgan fingerprint density at radius 1 is 1.24 bits per heavy atom. The normalized spacial score (nSPS) is 17.4. The van der Waals surface area contributed by atoms with Gasteiger partial charge in [0.05, 0.1) is 0 Å². The predicted molar refractivity (Wildman–Crippen MR) is 89.0 cm³/mol. The molecular weight excluding hydrogens is 326 g/mol. The van der Waals surface area contributed by atoms with E-state index in [9.17, 15) is 18.7 Å². The smallest absolute Gasteiger partial charge is 0.325 e. The highest BCUT2D eigenvalue weighted by atomic mass is 19.2. The van der Waals surface area contributed by atoms with Gasteiger partial charge in [0.15, 0.2) is 11.6 Å². The lowest BCUT2D eigenvalue weighted by molar-refractivity contribution is -0.144. The van der Waals surface area contributed by atoms with Crippen molar-refractivity contribution >= 4 is 5.97 Å². The number of hydrogen-bond acceptors (Lipinski definition) is 3. The van der Waals surface area contributed by atoms with Crippen molar-refractivity contribution in [1.82, 2.24) is 9.88 Å². The third-order valence-corrected chi connectivity index (χ3v) is 4.79. The summed E-state index contributed by atoms with van der Waals surface area (Å²) < 4.78 is 27.1. The molecule has 0 radical (unpaired) electrons. The monoisotopic (exact) mass is 346 g/mol. The van der Waals surface area contributed by atoms with Crippen LogP contribution in [0.15, 0.2) is 42.7 Å². The summed E-state index contributed by atoms with van der Waals surface area (Å²) in [6, 6.07) is 7.02. The molecule has 1 aliphatic heterocycles. The van der Waals surface area contributed by atoms with Gasteiger partial charge < -0.3 is 5.11 Å². The average molecular weight is 346 g/mol. The molecule has 1 aliphatic rings. The van der Waals surface area contributed by atoms with Crippen LogP contribution < -0.4 is 0 Å². The Labute approximate surface area is 145 Å². The number of rotatable bonds is 5. The fourth-order valence-electron chi connectivity index (χ4n) is 3.48. The SMILES string of the molecule is O=C(O)C(c1cccnc1)N1CCC(Cc2cccc(F)c2F)CC1. The van der Waals surface area contributed by atoms with Gasteiger partial charge in [0.25, 0.3) is 0 Å².